The zero-order valence-corrected chi connectivity index (χ0v) is 9.03. The molecule has 0 N–H and O–H groups in total. The van der Waals surface area contributed by atoms with Gasteiger partial charge in [0.1, 0.15) is 0 Å². The molecule has 0 spiro atoms. The molecule has 2 heterocycles. The van der Waals surface area contributed by atoms with Crippen molar-refractivity contribution in [2.45, 2.75) is 38.3 Å². The molecule has 3 heteroatoms. The van der Waals surface area contributed by atoms with E-state index in [-0.39, 0.29) is 12.1 Å². The third-order valence-corrected chi connectivity index (χ3v) is 3.49. The Kier molecular flexibility index (Phi) is 2.88. The predicted molar refractivity (Wildman–Crippen MR) is 54.2 cm³/mol. The highest BCUT2D eigenvalue weighted by atomic mass is 16.5. The molecule has 0 amide bonds. The minimum atomic E-state index is 0.0289. The summed E-state index contributed by atoms with van der Waals surface area (Å²) in [5.74, 6) is 0.905. The van der Waals surface area contributed by atoms with Crippen molar-refractivity contribution < 1.29 is 9.53 Å². The van der Waals surface area contributed by atoms with Gasteiger partial charge >= 0.3 is 0 Å². The molecule has 0 aromatic rings. The van der Waals surface area contributed by atoms with Crippen LogP contribution in [0.5, 0.6) is 0 Å². The number of likely N-dealkylation sites (N-methyl/N-ethyl adjacent to an activating group) is 1. The molecule has 2 aliphatic rings. The molecule has 2 rings (SSSR count). The van der Waals surface area contributed by atoms with Gasteiger partial charge < -0.3 is 4.74 Å². The maximum Gasteiger partial charge on any atom is 0.152 e. The summed E-state index contributed by atoms with van der Waals surface area (Å²) in [6, 6.07) is 0.0289. The lowest BCUT2D eigenvalue weighted by Gasteiger charge is -2.36. The first kappa shape index (κ1) is 10.1. The maximum atomic E-state index is 11.8. The quantitative estimate of drug-likeness (QED) is 0.630. The third-order valence-electron chi connectivity index (χ3n) is 3.49. The highest BCUT2D eigenvalue weighted by Gasteiger charge is 2.39. The normalized spacial score (nSPS) is 40.4. The van der Waals surface area contributed by atoms with E-state index in [1.54, 1.807) is 0 Å². The number of nitrogens with zero attached hydrogens (tertiary/aromatic N) is 1. The molecular weight excluding hydrogens is 178 g/mol. The Bertz CT molecular complexity index is 229. The number of carbonyl (C=O) groups excluding carboxylic acids is 1. The van der Waals surface area contributed by atoms with Gasteiger partial charge in [0.25, 0.3) is 0 Å². The van der Waals surface area contributed by atoms with Crippen LogP contribution in [0, 0.1) is 5.92 Å². The average molecular weight is 197 g/mol. The largest absolute Gasteiger partial charge is 0.376 e. The number of hydrogen-bond donors (Lipinski definition) is 0. The van der Waals surface area contributed by atoms with Gasteiger partial charge in [-0.25, -0.2) is 0 Å². The summed E-state index contributed by atoms with van der Waals surface area (Å²) in [5, 5.41) is 0. The van der Waals surface area contributed by atoms with Gasteiger partial charge in [-0.05, 0) is 32.4 Å². The van der Waals surface area contributed by atoms with Gasteiger partial charge in [0.2, 0.25) is 0 Å². The highest BCUT2D eigenvalue weighted by molar-refractivity contribution is 5.85. The smallest absolute Gasteiger partial charge is 0.152 e. The van der Waals surface area contributed by atoms with Crippen LogP contribution in [0.4, 0.5) is 0 Å². The van der Waals surface area contributed by atoms with Crippen molar-refractivity contribution in [1.29, 1.82) is 0 Å². The fourth-order valence-corrected chi connectivity index (χ4v) is 2.59. The molecule has 2 fully saturated rings. The summed E-state index contributed by atoms with van der Waals surface area (Å²) in [6.07, 6.45) is 2.99. The van der Waals surface area contributed by atoms with Gasteiger partial charge in [-0.2, -0.15) is 0 Å². The van der Waals surface area contributed by atoms with Crippen molar-refractivity contribution in [2.75, 3.05) is 20.2 Å². The van der Waals surface area contributed by atoms with E-state index in [2.05, 4.69) is 11.8 Å². The molecule has 0 saturated carbocycles. The van der Waals surface area contributed by atoms with E-state index in [0.29, 0.717) is 11.7 Å². The van der Waals surface area contributed by atoms with Crippen LogP contribution in [0.3, 0.4) is 0 Å². The lowest BCUT2D eigenvalue weighted by atomic mass is 9.90. The SMILES string of the molecule is C[C@@H]1CCO[C@H]1[C@H]1C(=O)CCCN1C. The van der Waals surface area contributed by atoms with E-state index in [4.69, 9.17) is 4.74 Å². The van der Waals surface area contributed by atoms with Gasteiger partial charge in [0, 0.05) is 13.0 Å². The summed E-state index contributed by atoms with van der Waals surface area (Å²) >= 11 is 0. The van der Waals surface area contributed by atoms with Crippen molar-refractivity contribution in [3.8, 4) is 0 Å². The van der Waals surface area contributed by atoms with Crippen molar-refractivity contribution in [1.82, 2.24) is 4.90 Å². The second kappa shape index (κ2) is 3.99. The third kappa shape index (κ3) is 1.71. The van der Waals surface area contributed by atoms with Gasteiger partial charge in [0.15, 0.2) is 5.78 Å². The Morgan fingerprint density at radius 3 is 2.86 bits per heavy atom. The number of ketones is 1. The molecular formula is C11H19NO2. The van der Waals surface area contributed by atoms with Crippen LogP contribution in [-0.2, 0) is 9.53 Å². The first-order valence-corrected chi connectivity index (χ1v) is 5.54. The van der Waals surface area contributed by atoms with Crippen LogP contribution in [0.25, 0.3) is 0 Å². The molecule has 2 saturated heterocycles. The van der Waals surface area contributed by atoms with E-state index in [0.717, 1.165) is 32.4 Å². The molecule has 14 heavy (non-hydrogen) atoms. The predicted octanol–water partition coefficient (Wildman–Crippen LogP) is 1.07. The van der Waals surface area contributed by atoms with E-state index in [9.17, 15) is 4.79 Å². The summed E-state index contributed by atoms with van der Waals surface area (Å²) in [7, 11) is 2.04. The lowest BCUT2D eigenvalue weighted by Crippen LogP contribution is -2.51. The zero-order chi connectivity index (χ0) is 10.1. The Hall–Kier alpha value is -0.410. The molecule has 0 aliphatic carbocycles. The Balaban J connectivity index is 2.09. The number of piperidine rings is 1. The van der Waals surface area contributed by atoms with Crippen LogP contribution >= 0.6 is 0 Å². The number of Topliss-reactive ketones (excluding diaryl/α,β-unsaturated/α-hetero) is 1. The van der Waals surface area contributed by atoms with Crippen LogP contribution in [-0.4, -0.2) is 43.0 Å². The highest BCUT2D eigenvalue weighted by Crippen LogP contribution is 2.28. The molecule has 3 nitrogen and oxygen atoms in total. The van der Waals surface area contributed by atoms with Crippen molar-refractivity contribution in [3.63, 3.8) is 0 Å². The van der Waals surface area contributed by atoms with Gasteiger partial charge in [-0.15, -0.1) is 0 Å². The molecule has 3 atom stereocenters. The first-order valence-electron chi connectivity index (χ1n) is 5.54. The van der Waals surface area contributed by atoms with Gasteiger partial charge in [-0.1, -0.05) is 6.92 Å². The van der Waals surface area contributed by atoms with Crippen molar-refractivity contribution >= 4 is 5.78 Å². The van der Waals surface area contributed by atoms with Crippen LogP contribution in [0.2, 0.25) is 0 Å². The summed E-state index contributed by atoms with van der Waals surface area (Å²) in [4.78, 5) is 14.0. The monoisotopic (exact) mass is 197 g/mol. The molecule has 2 aliphatic heterocycles. The zero-order valence-electron chi connectivity index (χ0n) is 9.03. The Morgan fingerprint density at radius 2 is 2.29 bits per heavy atom. The second-order valence-electron chi connectivity index (χ2n) is 4.60. The van der Waals surface area contributed by atoms with Gasteiger partial charge in [0.05, 0.1) is 12.1 Å². The van der Waals surface area contributed by atoms with E-state index in [1.165, 1.54) is 0 Å². The average Bonchev–Trinajstić information content (AvgIpc) is 2.52. The number of hydrogen-bond acceptors (Lipinski definition) is 3. The van der Waals surface area contributed by atoms with Crippen molar-refractivity contribution in [3.05, 3.63) is 0 Å². The topological polar surface area (TPSA) is 29.5 Å². The molecule has 0 aromatic heterocycles. The van der Waals surface area contributed by atoms with Crippen molar-refractivity contribution in [2.24, 2.45) is 5.92 Å². The Morgan fingerprint density at radius 1 is 1.50 bits per heavy atom. The molecule has 80 valence electrons. The second-order valence-corrected chi connectivity index (χ2v) is 4.60. The van der Waals surface area contributed by atoms with Crippen LogP contribution < -0.4 is 0 Å². The minimum absolute atomic E-state index is 0.0289. The number of carbonyl (C=O) groups is 1. The van der Waals surface area contributed by atoms with E-state index >= 15 is 0 Å². The summed E-state index contributed by atoms with van der Waals surface area (Å²) in [6.45, 7) is 4.04. The standard InChI is InChI=1S/C11H19NO2/c1-8-5-7-14-11(8)10-9(13)4-3-6-12(10)2/h8,10-11H,3-7H2,1-2H3/t8-,10-,11-/m1/s1. The molecule has 0 unspecified atom stereocenters. The Labute approximate surface area is 85.4 Å². The van der Waals surface area contributed by atoms with E-state index < -0.39 is 0 Å². The fraction of sp³-hybridized carbons (Fsp3) is 0.909. The fourth-order valence-electron chi connectivity index (χ4n) is 2.59. The van der Waals surface area contributed by atoms with Gasteiger partial charge in [-0.3, -0.25) is 9.69 Å². The van der Waals surface area contributed by atoms with E-state index in [1.807, 2.05) is 7.05 Å². The lowest BCUT2D eigenvalue weighted by molar-refractivity contribution is -0.132. The maximum absolute atomic E-state index is 11.8. The summed E-state index contributed by atoms with van der Waals surface area (Å²) < 4.78 is 5.68. The number of ether oxygens (including phenoxy) is 1. The first-order chi connectivity index (χ1) is 6.70. The van der Waals surface area contributed by atoms with Crippen LogP contribution in [0.15, 0.2) is 0 Å². The molecule has 0 aromatic carbocycles. The molecule has 0 bridgehead atoms. The summed E-state index contributed by atoms with van der Waals surface area (Å²) in [5.41, 5.74) is 0. The minimum Gasteiger partial charge on any atom is -0.376 e. The number of rotatable bonds is 1. The molecule has 0 radical (unpaired) electrons. The number of likely N-dealkylation sites (tertiary alicyclic amines) is 1. The van der Waals surface area contributed by atoms with Crippen LogP contribution in [0.1, 0.15) is 26.2 Å².